The van der Waals surface area contributed by atoms with E-state index in [0.717, 1.165) is 16.7 Å². The minimum absolute atomic E-state index is 0.223. The maximum Gasteiger partial charge on any atom is 0.303 e. The van der Waals surface area contributed by atoms with Gasteiger partial charge in [0.2, 0.25) is 0 Å². The van der Waals surface area contributed by atoms with Crippen molar-refractivity contribution in [3.8, 4) is 11.1 Å². The van der Waals surface area contributed by atoms with E-state index in [1.54, 1.807) is 0 Å². The van der Waals surface area contributed by atoms with Gasteiger partial charge < -0.3 is 4.74 Å². The van der Waals surface area contributed by atoms with Crippen molar-refractivity contribution in [2.24, 2.45) is 0 Å². The van der Waals surface area contributed by atoms with Crippen molar-refractivity contribution >= 4 is 17.6 Å². The monoisotopic (exact) mass is 272 g/mol. The Morgan fingerprint density at radius 2 is 2.00 bits per heavy atom. The summed E-state index contributed by atoms with van der Waals surface area (Å²) >= 11 is 6.05. The molecule has 0 amide bonds. The van der Waals surface area contributed by atoms with E-state index < -0.39 is 0 Å². The van der Waals surface area contributed by atoms with Gasteiger partial charge in [-0.2, -0.15) is 0 Å². The van der Waals surface area contributed by atoms with Crippen LogP contribution in [0.3, 0.4) is 0 Å². The molecule has 3 rings (SSSR count). The molecule has 0 bridgehead atoms. The van der Waals surface area contributed by atoms with Crippen LogP contribution in [0.2, 0.25) is 5.02 Å². The highest BCUT2D eigenvalue weighted by Crippen LogP contribution is 2.40. The van der Waals surface area contributed by atoms with Crippen molar-refractivity contribution in [3.63, 3.8) is 0 Å². The maximum absolute atomic E-state index is 11.3. The van der Waals surface area contributed by atoms with Gasteiger partial charge in [0.05, 0.1) is 0 Å². The molecule has 0 saturated carbocycles. The van der Waals surface area contributed by atoms with E-state index in [1.807, 2.05) is 36.4 Å². The number of hydrogen-bond acceptors (Lipinski definition) is 2. The van der Waals surface area contributed by atoms with E-state index in [-0.39, 0.29) is 12.1 Å². The van der Waals surface area contributed by atoms with Crippen molar-refractivity contribution < 1.29 is 9.53 Å². The highest BCUT2D eigenvalue weighted by Gasteiger charge is 2.26. The summed E-state index contributed by atoms with van der Waals surface area (Å²) in [7, 11) is 0. The van der Waals surface area contributed by atoms with Gasteiger partial charge in [0.15, 0.2) is 0 Å². The minimum Gasteiger partial charge on any atom is -0.457 e. The summed E-state index contributed by atoms with van der Waals surface area (Å²) in [5.74, 6) is -0.259. The molecule has 0 aliphatic heterocycles. The molecule has 0 aromatic heterocycles. The third kappa shape index (κ3) is 2.24. The summed E-state index contributed by atoms with van der Waals surface area (Å²) in [6.07, 6.45) is 0.451. The number of esters is 1. The first kappa shape index (κ1) is 12.2. The zero-order valence-corrected chi connectivity index (χ0v) is 11.3. The standard InChI is InChI=1S/C16H13ClO2/c1-10(18)19-16-9-11-8-12(17)6-7-13(11)14-4-2-3-5-15(14)16/h2-8,16H,9H2,1H3. The molecule has 96 valence electrons. The molecule has 19 heavy (non-hydrogen) atoms. The number of rotatable bonds is 1. The molecule has 3 heteroatoms. The lowest BCUT2D eigenvalue weighted by molar-refractivity contribution is -0.146. The zero-order chi connectivity index (χ0) is 13.4. The quantitative estimate of drug-likeness (QED) is 0.729. The Labute approximate surface area is 117 Å². The lowest BCUT2D eigenvalue weighted by Gasteiger charge is -2.27. The number of halogens is 1. The Bertz CT molecular complexity index is 649. The molecule has 0 spiro atoms. The summed E-state index contributed by atoms with van der Waals surface area (Å²) in [5, 5.41) is 0.708. The second-order valence-electron chi connectivity index (χ2n) is 4.69. The summed E-state index contributed by atoms with van der Waals surface area (Å²) in [4.78, 5) is 11.3. The van der Waals surface area contributed by atoms with E-state index in [1.165, 1.54) is 12.5 Å². The number of ether oxygens (including phenoxy) is 1. The van der Waals surface area contributed by atoms with Crippen molar-refractivity contribution in [3.05, 3.63) is 58.6 Å². The average molecular weight is 273 g/mol. The maximum atomic E-state index is 11.3. The molecule has 1 aliphatic carbocycles. The SMILES string of the molecule is CC(=O)OC1Cc2cc(Cl)ccc2-c2ccccc21. The minimum atomic E-state index is -0.259. The van der Waals surface area contributed by atoms with Crippen LogP contribution in [0.15, 0.2) is 42.5 Å². The lowest BCUT2D eigenvalue weighted by atomic mass is 9.84. The second-order valence-corrected chi connectivity index (χ2v) is 5.13. The first-order valence-electron chi connectivity index (χ1n) is 6.20. The third-order valence-electron chi connectivity index (χ3n) is 3.38. The normalized spacial score (nSPS) is 16.4. The van der Waals surface area contributed by atoms with Gasteiger partial charge in [0.1, 0.15) is 6.10 Å². The predicted octanol–water partition coefficient (Wildman–Crippen LogP) is 4.17. The van der Waals surface area contributed by atoms with E-state index >= 15 is 0 Å². The molecule has 1 atom stereocenters. The lowest BCUT2D eigenvalue weighted by Crippen LogP contribution is -2.16. The van der Waals surface area contributed by atoms with Crippen LogP contribution < -0.4 is 0 Å². The molecule has 0 fully saturated rings. The van der Waals surface area contributed by atoms with Gasteiger partial charge in [-0.05, 0) is 28.8 Å². The second kappa shape index (κ2) is 4.71. The summed E-state index contributed by atoms with van der Waals surface area (Å²) in [5.41, 5.74) is 4.47. The molecular weight excluding hydrogens is 260 g/mol. The number of carbonyl (C=O) groups is 1. The molecule has 1 aliphatic rings. The first-order chi connectivity index (χ1) is 9.15. The molecule has 0 heterocycles. The summed E-state index contributed by atoms with van der Waals surface area (Å²) in [6, 6.07) is 13.9. The van der Waals surface area contributed by atoms with Crippen LogP contribution in [-0.4, -0.2) is 5.97 Å². The van der Waals surface area contributed by atoms with E-state index in [0.29, 0.717) is 11.4 Å². The molecule has 2 aromatic rings. The molecule has 0 saturated heterocycles. The van der Waals surface area contributed by atoms with Crippen LogP contribution in [0.25, 0.3) is 11.1 Å². The van der Waals surface area contributed by atoms with Gasteiger partial charge in [-0.1, -0.05) is 41.9 Å². The summed E-state index contributed by atoms with van der Waals surface area (Å²) in [6.45, 7) is 1.44. The fourth-order valence-electron chi connectivity index (χ4n) is 2.63. The Morgan fingerprint density at radius 3 is 2.79 bits per heavy atom. The Hall–Kier alpha value is -1.80. The Balaban J connectivity index is 2.14. The van der Waals surface area contributed by atoms with Crippen LogP contribution in [0, 0.1) is 0 Å². The largest absolute Gasteiger partial charge is 0.457 e. The van der Waals surface area contributed by atoms with E-state index in [4.69, 9.17) is 16.3 Å². The van der Waals surface area contributed by atoms with Crippen molar-refractivity contribution in [2.75, 3.05) is 0 Å². The molecule has 1 unspecified atom stereocenters. The highest BCUT2D eigenvalue weighted by atomic mass is 35.5. The van der Waals surface area contributed by atoms with Gasteiger partial charge in [-0.25, -0.2) is 0 Å². The van der Waals surface area contributed by atoms with Gasteiger partial charge in [-0.15, -0.1) is 0 Å². The third-order valence-corrected chi connectivity index (χ3v) is 3.61. The molecule has 0 radical (unpaired) electrons. The van der Waals surface area contributed by atoms with Crippen molar-refractivity contribution in [1.82, 2.24) is 0 Å². The fourth-order valence-corrected chi connectivity index (χ4v) is 2.83. The van der Waals surface area contributed by atoms with Crippen LogP contribution in [-0.2, 0) is 16.0 Å². The first-order valence-corrected chi connectivity index (χ1v) is 6.58. The van der Waals surface area contributed by atoms with Crippen LogP contribution in [0.4, 0.5) is 0 Å². The summed E-state index contributed by atoms with van der Waals surface area (Å²) < 4.78 is 5.43. The Morgan fingerprint density at radius 1 is 1.21 bits per heavy atom. The average Bonchev–Trinajstić information content (AvgIpc) is 2.38. The van der Waals surface area contributed by atoms with Crippen molar-refractivity contribution in [2.45, 2.75) is 19.4 Å². The van der Waals surface area contributed by atoms with E-state index in [9.17, 15) is 4.79 Å². The zero-order valence-electron chi connectivity index (χ0n) is 10.5. The Kier molecular flexibility index (Phi) is 3.03. The fraction of sp³-hybridized carbons (Fsp3) is 0.188. The molecule has 2 nitrogen and oxygen atoms in total. The number of hydrogen-bond donors (Lipinski definition) is 0. The molecule has 2 aromatic carbocycles. The predicted molar refractivity (Wildman–Crippen MR) is 75.1 cm³/mol. The van der Waals surface area contributed by atoms with Gasteiger partial charge in [0, 0.05) is 23.9 Å². The van der Waals surface area contributed by atoms with Gasteiger partial charge in [0.25, 0.3) is 0 Å². The van der Waals surface area contributed by atoms with E-state index in [2.05, 4.69) is 6.07 Å². The van der Waals surface area contributed by atoms with Gasteiger partial charge >= 0.3 is 5.97 Å². The van der Waals surface area contributed by atoms with Crippen LogP contribution >= 0.6 is 11.6 Å². The van der Waals surface area contributed by atoms with Crippen molar-refractivity contribution in [1.29, 1.82) is 0 Å². The topological polar surface area (TPSA) is 26.3 Å². The van der Waals surface area contributed by atoms with Gasteiger partial charge in [-0.3, -0.25) is 4.79 Å². The smallest absolute Gasteiger partial charge is 0.303 e. The van der Waals surface area contributed by atoms with Crippen LogP contribution in [0.1, 0.15) is 24.2 Å². The highest BCUT2D eigenvalue weighted by molar-refractivity contribution is 6.30. The molecular formula is C16H13ClO2. The van der Waals surface area contributed by atoms with Crippen LogP contribution in [0.5, 0.6) is 0 Å². The number of fused-ring (bicyclic) bond motifs is 3. The number of carbonyl (C=O) groups excluding carboxylic acids is 1. The number of benzene rings is 2. The molecule has 0 N–H and O–H groups in total.